The van der Waals surface area contributed by atoms with Gasteiger partial charge in [-0.25, -0.2) is 4.98 Å². The van der Waals surface area contributed by atoms with Crippen molar-refractivity contribution in [1.29, 1.82) is 0 Å². The van der Waals surface area contributed by atoms with Gasteiger partial charge in [0.1, 0.15) is 0 Å². The minimum Gasteiger partial charge on any atom is -0.466 e. The van der Waals surface area contributed by atoms with E-state index in [0.29, 0.717) is 25.0 Å². The van der Waals surface area contributed by atoms with E-state index in [2.05, 4.69) is 34.5 Å². The molecule has 1 spiro atoms. The lowest BCUT2D eigenvalue weighted by atomic mass is 9.26. The van der Waals surface area contributed by atoms with Crippen LogP contribution < -0.4 is 0 Å². The van der Waals surface area contributed by atoms with Crippen LogP contribution in [0.25, 0.3) is 0 Å². The number of carbonyl (C=O) groups excluding carboxylic acids is 2. The van der Waals surface area contributed by atoms with E-state index in [4.69, 9.17) is 9.47 Å². The molecule has 5 aliphatic carbocycles. The van der Waals surface area contributed by atoms with Crippen molar-refractivity contribution in [2.24, 2.45) is 46.3 Å². The second kappa shape index (κ2) is 21.0. The number of aromatic nitrogens is 2. The summed E-state index contributed by atoms with van der Waals surface area (Å²) in [6, 6.07) is 0. The van der Waals surface area contributed by atoms with Crippen LogP contribution in [0.5, 0.6) is 0 Å². The molecular formula is C47H79N3O4. The SMILES string of the molecule is CCCCCCC(CCCCCC)CCOC(=O)CCCCCCCN(CCCCCCCCOC(=O)CC12CC3C4C5C1C45C32)CCCn1ccnc1. The zero-order valence-corrected chi connectivity index (χ0v) is 34.8. The number of imidazole rings is 1. The highest BCUT2D eigenvalue weighted by atomic mass is 16.5. The fraction of sp³-hybridized carbons (Fsp3) is 0.894. The fourth-order valence-electron chi connectivity index (χ4n) is 12.5. The number of unbranched alkanes of at least 4 members (excludes halogenated alkanes) is 15. The van der Waals surface area contributed by atoms with Gasteiger partial charge in [-0.15, -0.1) is 0 Å². The number of aryl methyl sites for hydroxylation is 1. The molecule has 0 bridgehead atoms. The predicted molar refractivity (Wildman–Crippen MR) is 218 cm³/mol. The van der Waals surface area contributed by atoms with Crippen molar-refractivity contribution in [3.05, 3.63) is 18.7 Å². The summed E-state index contributed by atoms with van der Waals surface area (Å²) < 4.78 is 13.6. The third-order valence-corrected chi connectivity index (χ3v) is 15.1. The Kier molecular flexibility index (Phi) is 16.3. The Balaban J connectivity index is 0.743. The third-order valence-electron chi connectivity index (χ3n) is 15.1. The molecular weight excluding hydrogens is 671 g/mol. The Morgan fingerprint density at radius 3 is 1.96 bits per heavy atom. The summed E-state index contributed by atoms with van der Waals surface area (Å²) in [4.78, 5) is 31.9. The van der Waals surface area contributed by atoms with E-state index in [-0.39, 0.29) is 11.9 Å². The average Bonchev–Trinajstić information content (AvgIpc) is 3.88. The van der Waals surface area contributed by atoms with Crippen LogP contribution in [-0.2, 0) is 25.6 Å². The molecule has 0 amide bonds. The summed E-state index contributed by atoms with van der Waals surface area (Å²) in [6.45, 7) is 10.3. The molecule has 1 heterocycles. The Hall–Kier alpha value is -1.89. The Morgan fingerprint density at radius 1 is 0.704 bits per heavy atom. The molecule has 0 saturated heterocycles. The number of hydrogen-bond donors (Lipinski definition) is 0. The summed E-state index contributed by atoms with van der Waals surface area (Å²) in [5.74, 6) is 5.92. The number of esters is 2. The lowest BCUT2D eigenvalue weighted by Gasteiger charge is -2.77. The maximum atomic E-state index is 12.5. The first-order valence-electron chi connectivity index (χ1n) is 23.6. The zero-order valence-electron chi connectivity index (χ0n) is 34.8. The van der Waals surface area contributed by atoms with Crippen LogP contribution in [0.1, 0.15) is 181 Å². The van der Waals surface area contributed by atoms with Crippen molar-refractivity contribution in [2.75, 3.05) is 32.8 Å². The van der Waals surface area contributed by atoms with Crippen molar-refractivity contribution in [3.8, 4) is 0 Å². The van der Waals surface area contributed by atoms with Gasteiger partial charge in [-0.2, -0.15) is 0 Å². The van der Waals surface area contributed by atoms with Gasteiger partial charge in [0.15, 0.2) is 0 Å². The zero-order chi connectivity index (χ0) is 37.6. The fourth-order valence-corrected chi connectivity index (χ4v) is 12.5. The molecule has 0 N–H and O–H groups in total. The van der Waals surface area contributed by atoms with E-state index in [1.54, 1.807) is 0 Å². The summed E-state index contributed by atoms with van der Waals surface area (Å²) in [7, 11) is 0. The van der Waals surface area contributed by atoms with Gasteiger partial charge in [-0.05, 0) is 111 Å². The van der Waals surface area contributed by atoms with Crippen molar-refractivity contribution in [3.63, 3.8) is 0 Å². The van der Waals surface area contributed by atoms with Crippen LogP contribution in [-0.4, -0.2) is 59.2 Å². The van der Waals surface area contributed by atoms with E-state index >= 15 is 0 Å². The van der Waals surface area contributed by atoms with E-state index in [9.17, 15) is 9.59 Å². The van der Waals surface area contributed by atoms with Crippen molar-refractivity contribution in [1.82, 2.24) is 14.5 Å². The van der Waals surface area contributed by atoms with E-state index in [1.807, 2.05) is 12.5 Å². The monoisotopic (exact) mass is 750 g/mol. The standard InChI is InChI=1S/C47H79N3O4/c1-3-5-7-16-23-38(24-17-8-6-4-2)26-34-54-40(51)25-18-12-11-14-20-29-49(30-22-31-50-32-27-48-37-50)28-19-13-9-10-15-21-33-53-41(52)36-46-35-39-42-43-45(46)47(42,43)44(39)46/h27,32,37-39,42-45H,3-26,28-31,33-36H2,1-2H3. The van der Waals surface area contributed by atoms with Gasteiger partial charge in [0.2, 0.25) is 0 Å². The molecule has 7 heteroatoms. The number of rotatable bonds is 36. The molecule has 1 aromatic rings. The van der Waals surface area contributed by atoms with E-state index < -0.39 is 0 Å². The summed E-state index contributed by atoms with van der Waals surface area (Å²) >= 11 is 0. The molecule has 5 saturated carbocycles. The molecule has 306 valence electrons. The topological polar surface area (TPSA) is 73.7 Å². The molecule has 5 aliphatic rings. The summed E-state index contributed by atoms with van der Waals surface area (Å²) in [5.41, 5.74) is 1.25. The van der Waals surface area contributed by atoms with Crippen molar-refractivity contribution >= 4 is 11.9 Å². The van der Waals surface area contributed by atoms with Gasteiger partial charge < -0.3 is 18.9 Å². The van der Waals surface area contributed by atoms with E-state index in [1.165, 1.54) is 135 Å². The highest BCUT2D eigenvalue weighted by Crippen LogP contribution is 3.15. The largest absolute Gasteiger partial charge is 0.466 e. The van der Waals surface area contributed by atoms with Crippen LogP contribution in [0.2, 0.25) is 0 Å². The molecule has 7 nitrogen and oxygen atoms in total. The van der Waals surface area contributed by atoms with Gasteiger partial charge >= 0.3 is 11.9 Å². The molecule has 0 aliphatic heterocycles. The third kappa shape index (κ3) is 10.2. The molecule has 54 heavy (non-hydrogen) atoms. The van der Waals surface area contributed by atoms with Crippen LogP contribution in [0, 0.1) is 46.3 Å². The lowest BCUT2D eigenvalue weighted by molar-refractivity contribution is -0.305. The lowest BCUT2D eigenvalue weighted by Crippen LogP contribution is -2.74. The number of fused-ring (bicyclic) bond motifs is 4. The minimum atomic E-state index is 0.0104. The first kappa shape index (κ1) is 41.7. The minimum absolute atomic E-state index is 0.0104. The second-order valence-corrected chi connectivity index (χ2v) is 18.7. The van der Waals surface area contributed by atoms with Crippen LogP contribution in [0.4, 0.5) is 0 Å². The maximum Gasteiger partial charge on any atom is 0.306 e. The second-order valence-electron chi connectivity index (χ2n) is 18.7. The first-order chi connectivity index (χ1) is 26.6. The normalized spacial score (nSPS) is 27.5. The van der Waals surface area contributed by atoms with Gasteiger partial charge in [0.25, 0.3) is 0 Å². The van der Waals surface area contributed by atoms with Crippen molar-refractivity contribution in [2.45, 2.75) is 187 Å². The van der Waals surface area contributed by atoms with Crippen molar-refractivity contribution < 1.29 is 19.1 Å². The first-order valence-corrected chi connectivity index (χ1v) is 23.6. The number of nitrogens with zero attached hydrogens (tertiary/aromatic N) is 3. The molecule has 1 aromatic heterocycles. The molecule has 6 rings (SSSR count). The Morgan fingerprint density at radius 2 is 1.33 bits per heavy atom. The Labute approximate surface area is 329 Å². The predicted octanol–water partition coefficient (Wildman–Crippen LogP) is 11.2. The summed E-state index contributed by atoms with van der Waals surface area (Å²) in [5, 5.41) is 0. The maximum absolute atomic E-state index is 12.5. The van der Waals surface area contributed by atoms with E-state index in [0.717, 1.165) is 92.5 Å². The van der Waals surface area contributed by atoms with Crippen LogP contribution >= 0.6 is 0 Å². The van der Waals surface area contributed by atoms with Crippen LogP contribution in [0.15, 0.2) is 18.7 Å². The molecule has 0 radical (unpaired) electrons. The van der Waals surface area contributed by atoms with Gasteiger partial charge in [0, 0.05) is 25.4 Å². The molecule has 7 atom stereocenters. The average molecular weight is 750 g/mol. The smallest absolute Gasteiger partial charge is 0.306 e. The number of hydrogen-bond acceptors (Lipinski definition) is 6. The molecule has 7 unspecified atom stereocenters. The van der Waals surface area contributed by atoms with Gasteiger partial charge in [-0.3, -0.25) is 9.59 Å². The molecule has 0 aromatic carbocycles. The van der Waals surface area contributed by atoms with Gasteiger partial charge in [-0.1, -0.05) is 123 Å². The highest BCUT2D eigenvalue weighted by Gasteiger charge is 3.13. The summed E-state index contributed by atoms with van der Waals surface area (Å²) in [6.07, 6.45) is 36.9. The highest BCUT2D eigenvalue weighted by molar-refractivity contribution is 5.74. The molecule has 5 fully saturated rings. The van der Waals surface area contributed by atoms with Gasteiger partial charge in [0.05, 0.1) is 26.0 Å². The van der Waals surface area contributed by atoms with Crippen LogP contribution in [0.3, 0.4) is 0 Å². The number of carbonyl (C=O) groups is 2. The number of ether oxygens (including phenoxy) is 2. The Bertz CT molecular complexity index is 1240. The quantitative estimate of drug-likeness (QED) is 0.0502.